The van der Waals surface area contributed by atoms with Gasteiger partial charge in [-0.25, -0.2) is 9.37 Å². The van der Waals surface area contributed by atoms with E-state index < -0.39 is 0 Å². The van der Waals surface area contributed by atoms with Crippen LogP contribution in [0.1, 0.15) is 32.8 Å². The minimum atomic E-state index is -0.274. The molecule has 3 nitrogen and oxygen atoms in total. The van der Waals surface area contributed by atoms with E-state index >= 15 is 0 Å². The Bertz CT molecular complexity index is 368. The average Bonchev–Trinajstić information content (AvgIpc) is 2.37. The Hall–Kier alpha value is -1.16. The normalized spacial score (nSPS) is 12.5. The van der Waals surface area contributed by atoms with Crippen molar-refractivity contribution in [3.05, 3.63) is 23.6 Å². The lowest BCUT2D eigenvalue weighted by atomic mass is 10.1. The van der Waals surface area contributed by atoms with Crippen molar-refractivity contribution in [1.29, 1.82) is 0 Å². The van der Waals surface area contributed by atoms with Gasteiger partial charge in [0.05, 0.1) is 6.20 Å². The summed E-state index contributed by atoms with van der Waals surface area (Å²) < 4.78 is 13.3. The molecule has 0 bridgehead atoms. The van der Waals surface area contributed by atoms with E-state index in [1.165, 1.54) is 6.20 Å². The summed E-state index contributed by atoms with van der Waals surface area (Å²) in [5, 5.41) is 3.06. The maximum atomic E-state index is 13.3. The summed E-state index contributed by atoms with van der Waals surface area (Å²) in [7, 11) is 1.86. The minimum Gasteiger partial charge on any atom is -0.356 e. The molecule has 0 aliphatic carbocycles. The zero-order valence-electron chi connectivity index (χ0n) is 11.8. The van der Waals surface area contributed by atoms with Gasteiger partial charge in [0.25, 0.3) is 0 Å². The summed E-state index contributed by atoms with van der Waals surface area (Å²) in [5.41, 5.74) is 0.919. The number of hydrogen-bond donors (Lipinski definition) is 1. The van der Waals surface area contributed by atoms with Crippen LogP contribution in [-0.4, -0.2) is 25.1 Å². The lowest BCUT2D eigenvalue weighted by molar-refractivity contribution is 0.542. The highest BCUT2D eigenvalue weighted by molar-refractivity contribution is 5.46. The van der Waals surface area contributed by atoms with Gasteiger partial charge in [0.2, 0.25) is 0 Å². The number of halogens is 1. The molecule has 1 aromatic heterocycles. The van der Waals surface area contributed by atoms with Gasteiger partial charge in [-0.3, -0.25) is 0 Å². The first-order valence-electron chi connectivity index (χ1n) is 6.66. The predicted molar refractivity (Wildman–Crippen MR) is 74.3 cm³/mol. The Morgan fingerprint density at radius 2 is 2.17 bits per heavy atom. The maximum Gasteiger partial charge on any atom is 0.141 e. The molecule has 0 spiro atoms. The number of pyridine rings is 1. The Balaban J connectivity index is 2.96. The number of anilines is 1. The summed E-state index contributed by atoms with van der Waals surface area (Å²) in [4.78, 5) is 6.49. The molecule has 0 amide bonds. The van der Waals surface area contributed by atoms with Crippen LogP contribution in [0.3, 0.4) is 0 Å². The van der Waals surface area contributed by atoms with Crippen LogP contribution in [-0.2, 0) is 6.54 Å². The van der Waals surface area contributed by atoms with Crippen LogP contribution in [0.15, 0.2) is 12.3 Å². The molecule has 4 heteroatoms. The van der Waals surface area contributed by atoms with E-state index in [4.69, 9.17) is 0 Å². The predicted octanol–water partition coefficient (Wildman–Crippen LogP) is 2.81. The van der Waals surface area contributed by atoms with Gasteiger partial charge in [0.15, 0.2) is 0 Å². The van der Waals surface area contributed by atoms with E-state index in [-0.39, 0.29) is 5.82 Å². The molecule has 1 aromatic rings. The topological polar surface area (TPSA) is 28.2 Å². The summed E-state index contributed by atoms with van der Waals surface area (Å²) in [6, 6.07) is 1.57. The van der Waals surface area contributed by atoms with Crippen molar-refractivity contribution < 1.29 is 4.39 Å². The van der Waals surface area contributed by atoms with Crippen LogP contribution in [0.5, 0.6) is 0 Å². The molecule has 1 atom stereocenters. The van der Waals surface area contributed by atoms with E-state index in [0.29, 0.717) is 12.5 Å². The van der Waals surface area contributed by atoms with Crippen molar-refractivity contribution in [1.82, 2.24) is 10.3 Å². The number of nitrogens with one attached hydrogen (secondary N) is 1. The zero-order valence-corrected chi connectivity index (χ0v) is 11.8. The third kappa shape index (κ3) is 3.95. The fourth-order valence-corrected chi connectivity index (χ4v) is 1.95. The van der Waals surface area contributed by atoms with Gasteiger partial charge in [-0.2, -0.15) is 0 Å². The highest BCUT2D eigenvalue weighted by Gasteiger charge is 2.14. The van der Waals surface area contributed by atoms with Crippen LogP contribution in [0.4, 0.5) is 10.2 Å². The van der Waals surface area contributed by atoms with Gasteiger partial charge in [0, 0.05) is 25.2 Å². The fraction of sp³-hybridized carbons (Fsp3) is 0.643. The van der Waals surface area contributed by atoms with Gasteiger partial charge in [-0.1, -0.05) is 20.3 Å². The second kappa shape index (κ2) is 7.31. The second-order valence-electron chi connectivity index (χ2n) is 4.72. The number of hydrogen-bond acceptors (Lipinski definition) is 3. The molecule has 102 valence electrons. The molecule has 0 aliphatic rings. The van der Waals surface area contributed by atoms with Crippen molar-refractivity contribution in [3.8, 4) is 0 Å². The second-order valence-corrected chi connectivity index (χ2v) is 4.72. The smallest absolute Gasteiger partial charge is 0.141 e. The first-order chi connectivity index (χ1) is 8.62. The van der Waals surface area contributed by atoms with Gasteiger partial charge >= 0.3 is 0 Å². The van der Waals surface area contributed by atoms with Crippen LogP contribution in [0, 0.1) is 11.7 Å². The zero-order chi connectivity index (χ0) is 13.5. The largest absolute Gasteiger partial charge is 0.356 e. The van der Waals surface area contributed by atoms with Crippen molar-refractivity contribution in [2.75, 3.05) is 25.0 Å². The van der Waals surface area contributed by atoms with Crippen molar-refractivity contribution >= 4 is 5.82 Å². The van der Waals surface area contributed by atoms with Crippen molar-refractivity contribution in [2.45, 2.75) is 33.7 Å². The van der Waals surface area contributed by atoms with Gasteiger partial charge in [-0.05, 0) is 26.0 Å². The summed E-state index contributed by atoms with van der Waals surface area (Å²) in [6.45, 7) is 9.00. The third-order valence-corrected chi connectivity index (χ3v) is 3.19. The van der Waals surface area contributed by atoms with Crippen molar-refractivity contribution in [3.63, 3.8) is 0 Å². The van der Waals surface area contributed by atoms with E-state index in [1.54, 1.807) is 6.07 Å². The van der Waals surface area contributed by atoms with Crippen LogP contribution >= 0.6 is 0 Å². The molecule has 18 heavy (non-hydrogen) atoms. The molecule has 0 fully saturated rings. The van der Waals surface area contributed by atoms with Gasteiger partial charge < -0.3 is 10.2 Å². The van der Waals surface area contributed by atoms with E-state index in [2.05, 4.69) is 36.0 Å². The molecular weight excluding hydrogens is 229 g/mol. The van der Waals surface area contributed by atoms with Gasteiger partial charge in [0.1, 0.15) is 11.6 Å². The minimum absolute atomic E-state index is 0.274. The van der Waals surface area contributed by atoms with E-state index in [9.17, 15) is 4.39 Å². The van der Waals surface area contributed by atoms with E-state index in [1.807, 2.05) is 7.05 Å². The molecule has 1 unspecified atom stereocenters. The lowest BCUT2D eigenvalue weighted by Crippen LogP contribution is -2.30. The molecule has 0 radical (unpaired) electrons. The Morgan fingerprint density at radius 3 is 2.72 bits per heavy atom. The first kappa shape index (κ1) is 14.9. The van der Waals surface area contributed by atoms with Crippen LogP contribution in [0.2, 0.25) is 0 Å². The first-order valence-corrected chi connectivity index (χ1v) is 6.66. The molecule has 1 heterocycles. The highest BCUT2D eigenvalue weighted by atomic mass is 19.1. The number of aromatic nitrogens is 1. The maximum absolute atomic E-state index is 13.3. The van der Waals surface area contributed by atoms with Crippen LogP contribution in [0.25, 0.3) is 0 Å². The molecular formula is C14H24FN3. The molecule has 0 saturated carbocycles. The molecule has 1 rings (SSSR count). The fourth-order valence-electron chi connectivity index (χ4n) is 1.95. The standard InChI is InChI=1S/C14H24FN3/c1-5-11(3)10-18(6-2)14-12(8-16-4)7-13(15)9-17-14/h7,9,11,16H,5-6,8,10H2,1-4H3. The summed E-state index contributed by atoms with van der Waals surface area (Å²) >= 11 is 0. The Kier molecular flexibility index (Phi) is 6.05. The third-order valence-electron chi connectivity index (χ3n) is 3.19. The Morgan fingerprint density at radius 1 is 1.44 bits per heavy atom. The SMILES string of the molecule is CCC(C)CN(CC)c1ncc(F)cc1CNC. The quantitative estimate of drug-likeness (QED) is 0.810. The summed E-state index contributed by atoms with van der Waals surface area (Å²) in [6.07, 6.45) is 2.44. The number of nitrogens with zero attached hydrogens (tertiary/aromatic N) is 2. The molecule has 0 aliphatic heterocycles. The molecule has 1 N–H and O–H groups in total. The summed E-state index contributed by atoms with van der Waals surface area (Å²) in [5.74, 6) is 1.23. The van der Waals surface area contributed by atoms with Crippen LogP contribution < -0.4 is 10.2 Å². The lowest BCUT2D eigenvalue weighted by Gasteiger charge is -2.27. The number of rotatable bonds is 7. The monoisotopic (exact) mass is 253 g/mol. The average molecular weight is 253 g/mol. The molecule has 0 saturated heterocycles. The Labute approximate surface area is 109 Å². The van der Waals surface area contributed by atoms with Crippen molar-refractivity contribution in [2.24, 2.45) is 5.92 Å². The highest BCUT2D eigenvalue weighted by Crippen LogP contribution is 2.20. The molecule has 0 aromatic carbocycles. The van der Waals surface area contributed by atoms with Gasteiger partial charge in [-0.15, -0.1) is 0 Å². The van der Waals surface area contributed by atoms with E-state index in [0.717, 1.165) is 30.9 Å².